The molecule has 0 fully saturated rings. The zero-order chi connectivity index (χ0) is 20.6. The second-order valence-electron chi connectivity index (χ2n) is 5.89. The van der Waals surface area contributed by atoms with Gasteiger partial charge >= 0.3 is 0 Å². The molecule has 2 N–H and O–H groups in total. The van der Waals surface area contributed by atoms with E-state index in [0.29, 0.717) is 19.0 Å². The van der Waals surface area contributed by atoms with Gasteiger partial charge in [0.2, 0.25) is 10.0 Å². The Hall–Kier alpha value is -1.44. The third kappa shape index (κ3) is 7.72. The third-order valence-corrected chi connectivity index (χ3v) is 6.62. The van der Waals surface area contributed by atoms with Gasteiger partial charge in [-0.1, -0.05) is 12.1 Å². The Morgan fingerprint density at radius 3 is 2.69 bits per heavy atom. The molecule has 2 rings (SSSR count). The van der Waals surface area contributed by atoms with E-state index in [1.54, 1.807) is 29.6 Å². The number of nitrogens with one attached hydrogen (secondary N) is 2. The van der Waals surface area contributed by atoms with Crippen LogP contribution in [0.5, 0.6) is 5.75 Å². The van der Waals surface area contributed by atoms with Crippen LogP contribution in [0.15, 0.2) is 44.9 Å². The molecule has 0 bridgehead atoms. The van der Waals surface area contributed by atoms with Gasteiger partial charge < -0.3 is 15.0 Å². The Bertz CT molecular complexity index is 893. The molecule has 1 aromatic heterocycles. The summed E-state index contributed by atoms with van der Waals surface area (Å²) in [6, 6.07) is 8.05. The summed E-state index contributed by atoms with van der Waals surface area (Å²) in [4.78, 5) is 6.29. The molecule has 0 aliphatic heterocycles. The van der Waals surface area contributed by atoms with Crippen molar-refractivity contribution in [1.82, 2.24) is 14.9 Å². The van der Waals surface area contributed by atoms with E-state index in [0.717, 1.165) is 5.56 Å². The lowest BCUT2D eigenvalue weighted by atomic mass is 10.2. The Morgan fingerprint density at radius 2 is 2.10 bits per heavy atom. The van der Waals surface area contributed by atoms with Gasteiger partial charge in [-0.2, -0.15) is 0 Å². The van der Waals surface area contributed by atoms with Crippen molar-refractivity contribution in [3.8, 4) is 5.75 Å². The number of guanidine groups is 1. The number of nitrogens with zero attached hydrogens (tertiary/aromatic N) is 2. The van der Waals surface area contributed by atoms with E-state index >= 15 is 0 Å². The first kappa shape index (κ1) is 25.6. The molecule has 0 spiro atoms. The van der Waals surface area contributed by atoms with E-state index < -0.39 is 15.8 Å². The number of halogens is 2. The summed E-state index contributed by atoms with van der Waals surface area (Å²) in [5, 5.41) is 4.86. The number of ether oxygens (including phenoxy) is 1. The van der Waals surface area contributed by atoms with Gasteiger partial charge in [-0.3, -0.25) is 4.99 Å². The van der Waals surface area contributed by atoms with E-state index in [2.05, 4.69) is 15.0 Å². The Balaban J connectivity index is 0.00000420. The maximum Gasteiger partial charge on any atom is 0.250 e. The second kappa shape index (κ2) is 12.3. The molecule has 1 heterocycles. The number of methoxy groups -OCH3 is 1. The number of aliphatic imine (C=N–C) groups is 1. The van der Waals surface area contributed by atoms with E-state index in [9.17, 15) is 12.8 Å². The maximum atomic E-state index is 13.9. The highest BCUT2D eigenvalue weighted by Crippen LogP contribution is 2.18. The fourth-order valence-corrected chi connectivity index (χ4v) is 4.51. The minimum Gasteiger partial charge on any atom is -0.494 e. The largest absolute Gasteiger partial charge is 0.494 e. The topological polar surface area (TPSA) is 83.0 Å². The normalized spacial score (nSPS) is 11.7. The standard InChI is InChI=1S/C18H25FN4O3S2.HI/c1-4-20-18(21-9-10-22-28(24,25)17-6-5-11-27-17)23(2)13-14-7-8-16(26-3)15(19)12-14;/h5-8,11-12,22H,4,9-10,13H2,1-3H3,(H,20,21);1H. The molecular weight excluding hydrogens is 530 g/mol. The van der Waals surface area contributed by atoms with Crippen molar-refractivity contribution in [3.63, 3.8) is 0 Å². The van der Waals surface area contributed by atoms with E-state index in [1.165, 1.54) is 24.5 Å². The third-order valence-electron chi connectivity index (χ3n) is 3.76. The molecule has 0 saturated carbocycles. The van der Waals surface area contributed by atoms with Gasteiger partial charge in [-0.05, 0) is 36.1 Å². The van der Waals surface area contributed by atoms with Crippen LogP contribution in [0.3, 0.4) is 0 Å². The first-order valence-electron chi connectivity index (χ1n) is 8.72. The van der Waals surface area contributed by atoms with Gasteiger partial charge in [0.15, 0.2) is 17.5 Å². The SMILES string of the molecule is CCNC(=NCCNS(=O)(=O)c1cccs1)N(C)Cc1ccc(OC)c(F)c1.I. The summed E-state index contributed by atoms with van der Waals surface area (Å²) in [6.07, 6.45) is 0. The molecule has 0 aliphatic carbocycles. The molecule has 162 valence electrons. The van der Waals surface area contributed by atoms with Crippen molar-refractivity contribution in [3.05, 3.63) is 47.1 Å². The second-order valence-corrected chi connectivity index (χ2v) is 8.83. The Kier molecular flexibility index (Phi) is 10.9. The fraction of sp³-hybridized carbons (Fsp3) is 0.389. The first-order valence-corrected chi connectivity index (χ1v) is 11.1. The van der Waals surface area contributed by atoms with Crippen LogP contribution in [-0.2, 0) is 16.6 Å². The predicted octanol–water partition coefficient (Wildman–Crippen LogP) is 2.89. The average molecular weight is 556 g/mol. The fourth-order valence-electron chi connectivity index (χ4n) is 2.46. The van der Waals surface area contributed by atoms with Crippen LogP contribution >= 0.6 is 35.3 Å². The van der Waals surface area contributed by atoms with Gasteiger partial charge in [0.05, 0.1) is 13.7 Å². The van der Waals surface area contributed by atoms with Gasteiger partial charge in [-0.25, -0.2) is 17.5 Å². The molecule has 0 saturated heterocycles. The smallest absolute Gasteiger partial charge is 0.250 e. The molecule has 2 aromatic rings. The Morgan fingerprint density at radius 1 is 1.34 bits per heavy atom. The zero-order valence-corrected chi connectivity index (χ0v) is 20.5. The molecule has 0 unspecified atom stereocenters. The van der Waals surface area contributed by atoms with Crippen molar-refractivity contribution in [2.45, 2.75) is 17.7 Å². The van der Waals surface area contributed by atoms with Gasteiger partial charge in [0.25, 0.3) is 0 Å². The summed E-state index contributed by atoms with van der Waals surface area (Å²) in [6.45, 7) is 3.49. The molecule has 29 heavy (non-hydrogen) atoms. The molecule has 1 aromatic carbocycles. The average Bonchev–Trinajstić information content (AvgIpc) is 3.20. The molecule has 11 heteroatoms. The highest BCUT2D eigenvalue weighted by molar-refractivity contribution is 14.0. The summed E-state index contributed by atoms with van der Waals surface area (Å²) >= 11 is 1.17. The molecule has 0 radical (unpaired) electrons. The molecular formula is C18H26FIN4O3S2. The first-order chi connectivity index (χ1) is 13.4. The quantitative estimate of drug-likeness (QED) is 0.215. The monoisotopic (exact) mass is 556 g/mol. The number of hydrogen-bond acceptors (Lipinski definition) is 5. The van der Waals surface area contributed by atoms with E-state index in [4.69, 9.17) is 4.74 Å². The van der Waals surface area contributed by atoms with Gasteiger partial charge in [0, 0.05) is 26.7 Å². The lowest BCUT2D eigenvalue weighted by Crippen LogP contribution is -2.39. The summed E-state index contributed by atoms with van der Waals surface area (Å²) in [5.41, 5.74) is 0.768. The summed E-state index contributed by atoms with van der Waals surface area (Å²) in [5.74, 6) is 0.386. The van der Waals surface area contributed by atoms with Crippen LogP contribution in [0.2, 0.25) is 0 Å². The maximum absolute atomic E-state index is 13.9. The van der Waals surface area contributed by atoms with Crippen LogP contribution in [0, 0.1) is 5.82 Å². The summed E-state index contributed by atoms with van der Waals surface area (Å²) in [7, 11) is -0.239. The minimum absolute atomic E-state index is 0. The van der Waals surface area contributed by atoms with Crippen LogP contribution in [0.1, 0.15) is 12.5 Å². The molecule has 7 nitrogen and oxygen atoms in total. The van der Waals surface area contributed by atoms with Crippen LogP contribution in [0.4, 0.5) is 4.39 Å². The number of hydrogen-bond donors (Lipinski definition) is 2. The minimum atomic E-state index is -3.50. The lowest BCUT2D eigenvalue weighted by molar-refractivity contribution is 0.385. The number of benzene rings is 1. The van der Waals surface area contributed by atoms with Crippen molar-refractivity contribution < 1.29 is 17.5 Å². The van der Waals surface area contributed by atoms with Crippen molar-refractivity contribution in [2.75, 3.05) is 33.8 Å². The predicted molar refractivity (Wildman–Crippen MR) is 125 cm³/mol. The van der Waals surface area contributed by atoms with Crippen LogP contribution in [0.25, 0.3) is 0 Å². The highest BCUT2D eigenvalue weighted by atomic mass is 127. The number of rotatable bonds is 9. The van der Waals surface area contributed by atoms with Gasteiger partial charge in [0.1, 0.15) is 4.21 Å². The molecule has 0 aliphatic rings. The zero-order valence-electron chi connectivity index (χ0n) is 16.5. The van der Waals surface area contributed by atoms with Crippen molar-refractivity contribution >= 4 is 51.3 Å². The van der Waals surface area contributed by atoms with E-state index in [1.807, 2.05) is 18.9 Å². The van der Waals surface area contributed by atoms with Crippen molar-refractivity contribution in [2.24, 2.45) is 4.99 Å². The molecule has 0 atom stereocenters. The highest BCUT2D eigenvalue weighted by Gasteiger charge is 2.14. The van der Waals surface area contributed by atoms with E-state index in [-0.39, 0.29) is 47.0 Å². The van der Waals surface area contributed by atoms with Crippen molar-refractivity contribution in [1.29, 1.82) is 0 Å². The van der Waals surface area contributed by atoms with Crippen LogP contribution in [-0.4, -0.2) is 53.1 Å². The molecule has 0 amide bonds. The number of sulfonamides is 1. The Labute approximate surface area is 192 Å². The van der Waals surface area contributed by atoms with Gasteiger partial charge in [-0.15, -0.1) is 35.3 Å². The van der Waals surface area contributed by atoms with Crippen LogP contribution < -0.4 is 14.8 Å². The summed E-state index contributed by atoms with van der Waals surface area (Å²) < 4.78 is 45.8. The number of thiophene rings is 1. The lowest BCUT2D eigenvalue weighted by Gasteiger charge is -2.22.